The Hall–Kier alpha value is -5.30. The molecule has 3 saturated heterocycles. The van der Waals surface area contributed by atoms with Crippen molar-refractivity contribution >= 4 is 116 Å². The second-order valence-electron chi connectivity index (χ2n) is 22.3. The van der Waals surface area contributed by atoms with Gasteiger partial charge in [0.15, 0.2) is 0 Å². The summed E-state index contributed by atoms with van der Waals surface area (Å²) in [6.07, 6.45) is 8.26. The van der Waals surface area contributed by atoms with Gasteiger partial charge >= 0.3 is 18.3 Å². The van der Waals surface area contributed by atoms with Crippen LogP contribution < -0.4 is 10.1 Å². The summed E-state index contributed by atoms with van der Waals surface area (Å²) in [6, 6.07) is 19.5. The molecule has 0 spiro atoms. The van der Waals surface area contributed by atoms with Crippen molar-refractivity contribution in [1.29, 1.82) is 0 Å². The minimum absolute atomic E-state index is 0.200. The first-order chi connectivity index (χ1) is 39.3. The van der Waals surface area contributed by atoms with E-state index in [-0.39, 0.29) is 23.9 Å². The van der Waals surface area contributed by atoms with Crippen LogP contribution in [0.5, 0.6) is 5.75 Å². The number of ether oxygens (including phenoxy) is 4. The van der Waals surface area contributed by atoms with Crippen LogP contribution in [0.1, 0.15) is 73.4 Å². The number of halogens is 4. The number of pyridine rings is 5. The van der Waals surface area contributed by atoms with E-state index < -0.39 is 11.2 Å². The number of hydrogen-bond acceptors (Lipinski definition) is 17. The van der Waals surface area contributed by atoms with Crippen LogP contribution in [-0.2, 0) is 27.3 Å². The molecule has 0 saturated carbocycles. The van der Waals surface area contributed by atoms with Crippen LogP contribution in [-0.4, -0.2) is 170 Å². The van der Waals surface area contributed by atoms with E-state index in [0.717, 1.165) is 127 Å². The molecule has 83 heavy (non-hydrogen) atoms. The molecule has 448 valence electrons. The average Bonchev–Trinajstić information content (AvgIpc) is 4.30. The van der Waals surface area contributed by atoms with E-state index in [2.05, 4.69) is 84.0 Å². The normalized spacial score (nSPS) is 15.0. The zero-order valence-corrected chi connectivity index (χ0v) is 55.1. The first-order valence-electron chi connectivity index (χ1n) is 27.1. The summed E-state index contributed by atoms with van der Waals surface area (Å²) < 4.78 is 24.7. The molecular formula is C59H75Br2Cl2N11O7S2. The Morgan fingerprint density at radius 2 is 1.01 bits per heavy atom. The smallest absolute Gasteiger partial charge is 0.410 e. The van der Waals surface area contributed by atoms with Crippen molar-refractivity contribution in [3.8, 4) is 16.3 Å². The van der Waals surface area contributed by atoms with E-state index in [4.69, 9.17) is 42.1 Å². The number of thiophene rings is 2. The number of methoxy groups -OCH3 is 1. The number of nitrogens with zero attached hydrogens (tertiary/aromatic N) is 10. The van der Waals surface area contributed by atoms with Gasteiger partial charge in [0.25, 0.3) is 0 Å². The molecule has 0 bridgehead atoms. The minimum Gasteiger partial charge on any atom is -0.495 e. The highest BCUT2D eigenvalue weighted by atomic mass is 79.9. The number of amides is 3. The third-order valence-corrected chi connectivity index (χ3v) is 16.0. The topological polar surface area (TPSA) is 181 Å². The van der Waals surface area contributed by atoms with E-state index in [0.29, 0.717) is 26.2 Å². The second kappa shape index (κ2) is 31.7. The van der Waals surface area contributed by atoms with E-state index in [1.165, 1.54) is 5.56 Å². The molecule has 10 heterocycles. The molecule has 7 aromatic rings. The molecule has 24 heteroatoms. The highest BCUT2D eigenvalue weighted by molar-refractivity contribution is 9.10. The average molecular weight is 1350 g/mol. The molecule has 0 atom stereocenters. The van der Waals surface area contributed by atoms with Gasteiger partial charge in [-0.05, 0) is 159 Å². The number of fused-ring (bicyclic) bond motifs is 2. The molecule has 18 nitrogen and oxygen atoms in total. The number of rotatable bonds is 6. The Kier molecular flexibility index (Phi) is 25.5. The van der Waals surface area contributed by atoms with Crippen molar-refractivity contribution in [3.63, 3.8) is 0 Å². The van der Waals surface area contributed by atoms with Gasteiger partial charge in [-0.1, -0.05) is 35.3 Å². The molecule has 0 aromatic carbocycles. The van der Waals surface area contributed by atoms with Gasteiger partial charge in [0.05, 0.1) is 54.4 Å². The minimum atomic E-state index is -0.461. The fourth-order valence-corrected chi connectivity index (χ4v) is 10.8. The van der Waals surface area contributed by atoms with Crippen LogP contribution in [0.25, 0.3) is 31.0 Å². The molecule has 1 N–H and O–H groups in total. The van der Waals surface area contributed by atoms with Crippen LogP contribution in [0.4, 0.5) is 14.4 Å². The van der Waals surface area contributed by atoms with Crippen LogP contribution in [0.3, 0.4) is 0 Å². The summed E-state index contributed by atoms with van der Waals surface area (Å²) in [7, 11) is 1.62. The van der Waals surface area contributed by atoms with Gasteiger partial charge in [-0.25, -0.2) is 24.4 Å². The van der Waals surface area contributed by atoms with Crippen molar-refractivity contribution in [2.24, 2.45) is 0 Å². The van der Waals surface area contributed by atoms with Crippen LogP contribution >= 0.6 is 77.7 Å². The van der Waals surface area contributed by atoms with Crippen LogP contribution in [0.2, 0.25) is 10.0 Å². The standard InChI is InChI=1S/C22H25ClN4O2S.C15H22BrN3O2.C9H18N2O2.C7H4ClNS.C6H6BrNO/c1-22(2,3)29-21(28)27-10-8-26(9-11-27)14-15-4-5-17(25-13-15)19-12-18-20(30-19)16(23)6-7-24-18;1-15(2,3)21-14(20)19-8-6-18(7-9-19)11-12-4-5-13(16)17-10-12;1-9(2,3)13-8(12)11-6-4-10-5-7-11;8-5-1-3-9-6-2-4-10-7(5)6;1-9-5-2-3-6(7)8-4-5/h4-7,12-13H,8-11,14H2,1-3H3;4-5,10H,6-9,11H2,1-3H3;10H,4-7H2,1-3H3;1-4H;2-4H,1H3. The van der Waals surface area contributed by atoms with Gasteiger partial charge in [0.1, 0.15) is 31.8 Å². The molecule has 0 unspecified atom stereocenters. The SMILES string of the molecule is CC(C)(C)OC(=O)N1CCN(Cc2ccc(-c3cc4nccc(Cl)c4s3)nc2)CC1.CC(C)(C)OC(=O)N1CCN(Cc2ccc(Br)nc2)CC1.CC(C)(C)OC(=O)N1CCNCC1.COc1ccc(Br)nc1.Clc1ccnc2ccsc12. The lowest BCUT2D eigenvalue weighted by Gasteiger charge is -2.35. The number of carbonyl (C=O) groups excluding carboxylic acids is 3. The molecule has 0 aliphatic carbocycles. The predicted molar refractivity (Wildman–Crippen MR) is 340 cm³/mol. The van der Waals surface area contributed by atoms with Gasteiger partial charge in [-0.2, -0.15) is 0 Å². The summed E-state index contributed by atoms with van der Waals surface area (Å²) >= 11 is 21.9. The fraction of sp³-hybridized carbons (Fsp3) is 0.458. The quantitative estimate of drug-likeness (QED) is 0.123. The molecule has 0 radical (unpaired) electrons. The predicted octanol–water partition coefficient (Wildman–Crippen LogP) is 13.6. The monoisotopic (exact) mass is 1340 g/mol. The van der Waals surface area contributed by atoms with E-state index in [1.807, 2.05) is 123 Å². The molecular weight excluding hydrogens is 1270 g/mol. The summed E-state index contributed by atoms with van der Waals surface area (Å²) in [5.74, 6) is 0.776. The Balaban J connectivity index is 0.000000180. The number of piperazine rings is 3. The van der Waals surface area contributed by atoms with Gasteiger partial charge in [-0.15, -0.1) is 22.7 Å². The lowest BCUT2D eigenvalue weighted by molar-refractivity contribution is 0.0129. The number of carbonyl (C=O) groups is 3. The zero-order valence-electron chi connectivity index (χ0n) is 48.8. The van der Waals surface area contributed by atoms with Crippen molar-refractivity contribution in [2.45, 2.75) is 92.2 Å². The maximum atomic E-state index is 12.2. The largest absolute Gasteiger partial charge is 0.495 e. The first-order valence-corrected chi connectivity index (χ1v) is 31.2. The van der Waals surface area contributed by atoms with Crippen molar-refractivity contribution in [1.82, 2.24) is 54.7 Å². The first kappa shape index (κ1) is 66.8. The Morgan fingerprint density at radius 1 is 0.554 bits per heavy atom. The van der Waals surface area contributed by atoms with Crippen molar-refractivity contribution in [3.05, 3.63) is 127 Å². The molecule has 3 aliphatic heterocycles. The highest BCUT2D eigenvalue weighted by Gasteiger charge is 2.28. The van der Waals surface area contributed by atoms with Crippen LogP contribution in [0, 0.1) is 0 Å². The molecule has 3 amide bonds. The molecule has 3 fully saturated rings. The van der Waals surface area contributed by atoms with E-state index in [1.54, 1.807) is 69.1 Å². The summed E-state index contributed by atoms with van der Waals surface area (Å²) in [5.41, 5.74) is 3.86. The van der Waals surface area contributed by atoms with Gasteiger partial charge in [-0.3, -0.25) is 24.8 Å². The number of nitrogens with one attached hydrogen (secondary N) is 1. The molecule has 10 rings (SSSR count). The maximum absolute atomic E-state index is 12.2. The summed E-state index contributed by atoms with van der Waals surface area (Å²) in [6.45, 7) is 28.0. The third kappa shape index (κ3) is 23.2. The number of hydrogen-bond donors (Lipinski definition) is 1. The Bertz CT molecular complexity index is 3140. The maximum Gasteiger partial charge on any atom is 0.410 e. The summed E-state index contributed by atoms with van der Waals surface area (Å²) in [5, 5.41) is 6.69. The van der Waals surface area contributed by atoms with Gasteiger partial charge in [0.2, 0.25) is 0 Å². The van der Waals surface area contributed by atoms with E-state index in [9.17, 15) is 14.4 Å². The van der Waals surface area contributed by atoms with Gasteiger partial charge < -0.3 is 39.0 Å². The van der Waals surface area contributed by atoms with Gasteiger partial charge in [0, 0.05) is 116 Å². The fourth-order valence-electron chi connectivity index (χ4n) is 8.04. The van der Waals surface area contributed by atoms with Crippen molar-refractivity contribution < 1.29 is 33.3 Å². The second-order valence-corrected chi connectivity index (χ2v) is 26.7. The third-order valence-electron chi connectivity index (χ3n) is 12.1. The van der Waals surface area contributed by atoms with Crippen molar-refractivity contribution in [2.75, 3.05) is 85.6 Å². The molecule has 7 aromatic heterocycles. The lowest BCUT2D eigenvalue weighted by Crippen LogP contribution is -2.49. The van der Waals surface area contributed by atoms with E-state index >= 15 is 0 Å². The summed E-state index contributed by atoms with van der Waals surface area (Å²) in [4.78, 5) is 68.0. The Morgan fingerprint density at radius 3 is 1.43 bits per heavy atom. The number of aromatic nitrogens is 5. The highest BCUT2D eigenvalue weighted by Crippen LogP contribution is 2.35. The lowest BCUT2D eigenvalue weighted by atomic mass is 10.2. The van der Waals surface area contributed by atoms with Crippen LogP contribution in [0.15, 0.2) is 106 Å². The molecule has 3 aliphatic rings. The Labute approximate surface area is 522 Å². The zero-order chi connectivity index (χ0) is 60.3.